The largest absolute Gasteiger partial charge is 0.466 e. The molecule has 0 aromatic carbocycles. The van der Waals surface area contributed by atoms with Gasteiger partial charge in [-0.05, 0) is 0 Å². The minimum absolute atomic E-state index is 2.00. The number of phosphoric acid groups is 1. The summed E-state index contributed by atoms with van der Waals surface area (Å²) in [7, 11) is -4.64. The highest BCUT2D eigenvalue weighted by Crippen LogP contribution is 2.25. The molecule has 0 spiro atoms. The van der Waals surface area contributed by atoms with Gasteiger partial charge >= 0.3 is 7.82 Å². The molecule has 5 heteroatoms. The lowest BCUT2D eigenvalue weighted by Gasteiger charge is -1.82. The molecule has 0 aromatic heterocycles. The van der Waals surface area contributed by atoms with Crippen molar-refractivity contribution in [3.05, 3.63) is 0 Å². The first kappa shape index (κ1) is 16.1. The molecule has 0 unspecified atom stereocenters. The lowest BCUT2D eigenvalue weighted by molar-refractivity contribution is 0.275. The predicted molar refractivity (Wildman–Crippen MR) is 37.0 cm³/mol. The van der Waals surface area contributed by atoms with Crippen molar-refractivity contribution in [2.45, 2.75) is 27.7 Å². The smallest absolute Gasteiger partial charge is 0.303 e. The van der Waals surface area contributed by atoms with Crippen LogP contribution < -0.4 is 0 Å². The fourth-order valence-corrected chi connectivity index (χ4v) is 0. The summed E-state index contributed by atoms with van der Waals surface area (Å²) in [6, 6.07) is 0. The molecule has 0 saturated carbocycles. The van der Waals surface area contributed by atoms with Gasteiger partial charge in [0.1, 0.15) is 0 Å². The Hall–Kier alpha value is 0.110. The van der Waals surface area contributed by atoms with E-state index in [9.17, 15) is 0 Å². The maximum atomic E-state index is 8.88. The van der Waals surface area contributed by atoms with Crippen LogP contribution in [0.4, 0.5) is 0 Å². The average Bonchev–Trinajstić information content (AvgIpc) is 1.72. The van der Waals surface area contributed by atoms with Gasteiger partial charge in [-0.25, -0.2) is 4.57 Å². The molecule has 0 heterocycles. The minimum atomic E-state index is -4.64. The normalized spacial score (nSPS) is 7.89. The molecular weight excluding hydrogens is 143 g/mol. The summed E-state index contributed by atoms with van der Waals surface area (Å²) in [5, 5.41) is 0. The number of rotatable bonds is 0. The van der Waals surface area contributed by atoms with E-state index in [1.807, 2.05) is 27.7 Å². The van der Waals surface area contributed by atoms with Crippen LogP contribution in [0.2, 0.25) is 0 Å². The Morgan fingerprint density at radius 1 is 0.889 bits per heavy atom. The van der Waals surface area contributed by atoms with Gasteiger partial charge < -0.3 is 14.7 Å². The highest BCUT2D eigenvalue weighted by atomic mass is 31.2. The standard InChI is InChI=1S/2C2H6.H3O4P/c2*1-2;1-5(2,3)4/h2*1-2H3;(H3,1,2,3,4). The summed E-state index contributed by atoms with van der Waals surface area (Å²) in [6.45, 7) is 8.00. The second kappa shape index (κ2) is 11.0. The van der Waals surface area contributed by atoms with Crippen LogP contribution in [-0.2, 0) is 4.57 Å². The maximum Gasteiger partial charge on any atom is 0.466 e. The molecule has 0 radical (unpaired) electrons. The Morgan fingerprint density at radius 2 is 0.889 bits per heavy atom. The van der Waals surface area contributed by atoms with Crippen molar-refractivity contribution >= 4 is 7.82 Å². The van der Waals surface area contributed by atoms with Crippen molar-refractivity contribution in [3.8, 4) is 0 Å². The van der Waals surface area contributed by atoms with Gasteiger partial charge in [0.05, 0.1) is 0 Å². The molecule has 9 heavy (non-hydrogen) atoms. The van der Waals surface area contributed by atoms with Crippen molar-refractivity contribution in [1.82, 2.24) is 0 Å². The van der Waals surface area contributed by atoms with E-state index in [0.29, 0.717) is 0 Å². The van der Waals surface area contributed by atoms with Crippen molar-refractivity contribution in [3.63, 3.8) is 0 Å². The van der Waals surface area contributed by atoms with Crippen molar-refractivity contribution in [2.24, 2.45) is 0 Å². The predicted octanol–water partition coefficient (Wildman–Crippen LogP) is 1.12. The van der Waals surface area contributed by atoms with Gasteiger partial charge in [0.15, 0.2) is 0 Å². The van der Waals surface area contributed by atoms with Crippen molar-refractivity contribution < 1.29 is 19.2 Å². The van der Waals surface area contributed by atoms with Crippen LogP contribution in [0.5, 0.6) is 0 Å². The Bertz CT molecular complexity index is 58.7. The van der Waals surface area contributed by atoms with Crippen LogP contribution in [0.3, 0.4) is 0 Å². The first-order chi connectivity index (χ1) is 4.00. The van der Waals surface area contributed by atoms with Crippen LogP contribution in [0.1, 0.15) is 27.7 Å². The topological polar surface area (TPSA) is 77.8 Å². The maximum absolute atomic E-state index is 8.88. The lowest BCUT2D eigenvalue weighted by atomic mass is 11.0. The first-order valence-corrected chi connectivity index (χ1v) is 4.35. The Labute approximate surface area is 55.8 Å². The van der Waals surface area contributed by atoms with Crippen LogP contribution in [0.25, 0.3) is 0 Å². The zero-order valence-corrected chi connectivity index (χ0v) is 7.09. The summed E-state index contributed by atoms with van der Waals surface area (Å²) in [5.74, 6) is 0. The van der Waals surface area contributed by atoms with Crippen LogP contribution in [0.15, 0.2) is 0 Å². The fourth-order valence-electron chi connectivity index (χ4n) is 0. The molecule has 60 valence electrons. The van der Waals surface area contributed by atoms with Gasteiger partial charge in [-0.3, -0.25) is 0 Å². The fraction of sp³-hybridized carbons (Fsp3) is 1.00. The summed E-state index contributed by atoms with van der Waals surface area (Å²) in [4.78, 5) is 21.6. The van der Waals surface area contributed by atoms with Crippen molar-refractivity contribution in [2.75, 3.05) is 0 Å². The molecule has 0 aliphatic rings. The Kier molecular flexibility index (Phi) is 19.6. The van der Waals surface area contributed by atoms with E-state index in [2.05, 4.69) is 0 Å². The van der Waals surface area contributed by atoms with Crippen molar-refractivity contribution in [1.29, 1.82) is 0 Å². The van der Waals surface area contributed by atoms with Gasteiger partial charge in [0.25, 0.3) is 0 Å². The highest BCUT2D eigenvalue weighted by molar-refractivity contribution is 7.45. The number of hydrogen-bond acceptors (Lipinski definition) is 1. The zero-order chi connectivity index (χ0) is 8.50. The van der Waals surface area contributed by atoms with E-state index in [1.165, 1.54) is 0 Å². The molecule has 0 rings (SSSR count). The molecule has 0 fully saturated rings. The molecule has 0 amide bonds. The van der Waals surface area contributed by atoms with E-state index in [1.54, 1.807) is 0 Å². The SMILES string of the molecule is CC.CC.O=P(O)(O)O. The van der Waals surface area contributed by atoms with E-state index in [0.717, 1.165) is 0 Å². The Morgan fingerprint density at radius 3 is 0.889 bits per heavy atom. The average molecular weight is 158 g/mol. The molecular formula is C4H15O4P. The highest BCUT2D eigenvalue weighted by Gasteiger charge is 2.00. The lowest BCUT2D eigenvalue weighted by Crippen LogP contribution is -1.66. The Balaban J connectivity index is -0.0000000771. The van der Waals surface area contributed by atoms with Crippen LogP contribution in [0, 0.1) is 0 Å². The van der Waals surface area contributed by atoms with Gasteiger partial charge in [-0.15, -0.1) is 0 Å². The zero-order valence-electron chi connectivity index (χ0n) is 6.20. The molecule has 0 saturated heterocycles. The summed E-state index contributed by atoms with van der Waals surface area (Å²) in [5.41, 5.74) is 0. The van der Waals surface area contributed by atoms with Gasteiger partial charge in [0, 0.05) is 0 Å². The van der Waals surface area contributed by atoms with Gasteiger partial charge in [0.2, 0.25) is 0 Å². The molecule has 0 aromatic rings. The molecule has 0 aliphatic carbocycles. The third-order valence-electron chi connectivity index (χ3n) is 0. The van der Waals surface area contributed by atoms with Crippen LogP contribution >= 0.6 is 7.82 Å². The molecule has 3 N–H and O–H groups in total. The minimum Gasteiger partial charge on any atom is -0.303 e. The quantitative estimate of drug-likeness (QED) is 0.461. The van der Waals surface area contributed by atoms with E-state index in [-0.39, 0.29) is 0 Å². The summed E-state index contributed by atoms with van der Waals surface area (Å²) >= 11 is 0. The third-order valence-corrected chi connectivity index (χ3v) is 0. The van der Waals surface area contributed by atoms with Crippen LogP contribution in [-0.4, -0.2) is 14.7 Å². The number of hydrogen-bond donors (Lipinski definition) is 3. The van der Waals surface area contributed by atoms with Gasteiger partial charge in [-0.2, -0.15) is 0 Å². The molecule has 4 nitrogen and oxygen atoms in total. The second-order valence-electron chi connectivity index (χ2n) is 0.513. The van der Waals surface area contributed by atoms with E-state index >= 15 is 0 Å². The monoisotopic (exact) mass is 158 g/mol. The van der Waals surface area contributed by atoms with Gasteiger partial charge in [-0.1, -0.05) is 27.7 Å². The second-order valence-corrected chi connectivity index (χ2v) is 1.54. The summed E-state index contributed by atoms with van der Waals surface area (Å²) < 4.78 is 8.88. The van der Waals surface area contributed by atoms with E-state index in [4.69, 9.17) is 19.2 Å². The summed E-state index contributed by atoms with van der Waals surface area (Å²) in [6.07, 6.45) is 0. The molecule has 0 aliphatic heterocycles. The molecule has 0 atom stereocenters. The molecule has 0 bridgehead atoms. The van der Waals surface area contributed by atoms with E-state index < -0.39 is 7.82 Å². The first-order valence-electron chi connectivity index (χ1n) is 2.78. The third kappa shape index (κ3) is 25000.